The third-order valence-electron chi connectivity index (χ3n) is 4.33. The van der Waals surface area contributed by atoms with E-state index in [0.717, 1.165) is 25.7 Å². The van der Waals surface area contributed by atoms with Gasteiger partial charge >= 0.3 is 6.61 Å². The Labute approximate surface area is 140 Å². The van der Waals surface area contributed by atoms with E-state index in [1.165, 1.54) is 12.1 Å². The van der Waals surface area contributed by atoms with Gasteiger partial charge in [0.1, 0.15) is 5.75 Å². The minimum Gasteiger partial charge on any atom is -0.434 e. The number of carbonyl (C=O) groups is 1. The molecule has 1 aliphatic carbocycles. The molecule has 1 amide bonds. The lowest BCUT2D eigenvalue weighted by Crippen LogP contribution is -2.37. The van der Waals surface area contributed by atoms with Crippen LogP contribution in [0, 0.1) is 5.92 Å². The summed E-state index contributed by atoms with van der Waals surface area (Å²) >= 11 is 0. The largest absolute Gasteiger partial charge is 0.434 e. The summed E-state index contributed by atoms with van der Waals surface area (Å²) in [5.41, 5.74) is 1.03. The summed E-state index contributed by atoms with van der Waals surface area (Å²) in [5.74, 6) is 0.137. The predicted molar refractivity (Wildman–Crippen MR) is 87.7 cm³/mol. The second-order valence-corrected chi connectivity index (χ2v) is 6.11. The van der Waals surface area contributed by atoms with Crippen LogP contribution in [0.4, 0.5) is 8.78 Å². The van der Waals surface area contributed by atoms with Crippen LogP contribution < -0.4 is 10.1 Å². The summed E-state index contributed by atoms with van der Waals surface area (Å²) in [6.45, 7) is -1.02. The second-order valence-electron chi connectivity index (χ2n) is 6.11. The Bertz CT molecular complexity index is 581. The number of rotatable bonds is 6. The molecule has 4 nitrogen and oxygen atoms in total. The van der Waals surface area contributed by atoms with E-state index in [0.29, 0.717) is 17.1 Å². The average molecular weight is 339 g/mol. The third kappa shape index (κ3) is 5.30. The SMILES string of the molecule is C/C(=C/C(=O)NC1CCC(CO)CC1)c1ccccc1OC(F)F. The van der Waals surface area contributed by atoms with E-state index in [1.54, 1.807) is 25.1 Å². The first-order valence-electron chi connectivity index (χ1n) is 8.13. The molecule has 0 bridgehead atoms. The van der Waals surface area contributed by atoms with Gasteiger partial charge in [0.2, 0.25) is 5.91 Å². The molecule has 1 aromatic rings. The van der Waals surface area contributed by atoms with Crippen LogP contribution in [-0.2, 0) is 4.79 Å². The molecule has 6 heteroatoms. The van der Waals surface area contributed by atoms with E-state index in [-0.39, 0.29) is 24.3 Å². The molecule has 1 fully saturated rings. The zero-order chi connectivity index (χ0) is 17.5. The summed E-state index contributed by atoms with van der Waals surface area (Å²) in [5, 5.41) is 12.1. The molecule has 2 rings (SSSR count). The molecule has 24 heavy (non-hydrogen) atoms. The van der Waals surface area contributed by atoms with Gasteiger partial charge in [0.25, 0.3) is 0 Å². The Balaban J connectivity index is 1.99. The maximum absolute atomic E-state index is 12.5. The van der Waals surface area contributed by atoms with Gasteiger partial charge in [-0.05, 0) is 50.2 Å². The van der Waals surface area contributed by atoms with Crippen LogP contribution in [-0.4, -0.2) is 30.3 Å². The first-order chi connectivity index (χ1) is 11.5. The van der Waals surface area contributed by atoms with E-state index in [4.69, 9.17) is 5.11 Å². The van der Waals surface area contributed by atoms with Crippen LogP contribution in [0.1, 0.15) is 38.2 Å². The van der Waals surface area contributed by atoms with E-state index in [9.17, 15) is 13.6 Å². The van der Waals surface area contributed by atoms with Crippen molar-refractivity contribution in [1.29, 1.82) is 0 Å². The van der Waals surface area contributed by atoms with E-state index in [1.807, 2.05) is 0 Å². The molecule has 0 radical (unpaired) electrons. The zero-order valence-electron chi connectivity index (χ0n) is 13.7. The molecule has 2 N–H and O–H groups in total. The van der Waals surface area contributed by atoms with E-state index >= 15 is 0 Å². The third-order valence-corrected chi connectivity index (χ3v) is 4.33. The monoisotopic (exact) mass is 339 g/mol. The van der Waals surface area contributed by atoms with Gasteiger partial charge in [0.15, 0.2) is 0 Å². The summed E-state index contributed by atoms with van der Waals surface area (Å²) in [4.78, 5) is 12.2. The number of benzene rings is 1. The number of carbonyl (C=O) groups excluding carboxylic acids is 1. The number of aliphatic hydroxyl groups excluding tert-OH is 1. The first kappa shape index (κ1) is 18.4. The molecular weight excluding hydrogens is 316 g/mol. The van der Waals surface area contributed by atoms with Crippen molar-refractivity contribution in [2.24, 2.45) is 5.92 Å². The molecule has 0 aromatic heterocycles. The molecule has 1 aliphatic rings. The standard InChI is InChI=1S/C18H23F2NO3/c1-12(15-4-2-3-5-16(15)24-18(19)20)10-17(23)21-14-8-6-13(11-22)7-9-14/h2-5,10,13-14,18,22H,6-9,11H2,1H3,(H,21,23)/b12-10-. The Morgan fingerprint density at radius 2 is 2.00 bits per heavy atom. The van der Waals surface area contributed by atoms with E-state index < -0.39 is 6.61 Å². The minimum absolute atomic E-state index is 0.0532. The molecule has 0 atom stereocenters. The zero-order valence-corrected chi connectivity index (χ0v) is 13.7. The van der Waals surface area contributed by atoms with Crippen molar-refractivity contribution in [3.8, 4) is 5.75 Å². The Morgan fingerprint density at radius 3 is 2.62 bits per heavy atom. The maximum atomic E-state index is 12.5. The lowest BCUT2D eigenvalue weighted by Gasteiger charge is -2.27. The second kappa shape index (κ2) is 8.78. The van der Waals surface area contributed by atoms with Crippen LogP contribution in [0.3, 0.4) is 0 Å². The van der Waals surface area contributed by atoms with Gasteiger partial charge in [0.05, 0.1) is 0 Å². The van der Waals surface area contributed by atoms with Crippen LogP contribution in [0.5, 0.6) is 5.75 Å². The fraction of sp³-hybridized carbons (Fsp3) is 0.500. The number of halogens is 2. The molecule has 132 valence electrons. The summed E-state index contributed by atoms with van der Waals surface area (Å²) in [7, 11) is 0. The molecule has 0 saturated heterocycles. The molecule has 0 unspecified atom stereocenters. The van der Waals surface area contributed by atoms with Gasteiger partial charge in [-0.2, -0.15) is 8.78 Å². The highest BCUT2D eigenvalue weighted by molar-refractivity contribution is 5.95. The van der Waals surface area contributed by atoms with Crippen molar-refractivity contribution in [2.45, 2.75) is 45.3 Å². The normalized spacial score (nSPS) is 21.6. The Kier molecular flexibility index (Phi) is 6.73. The highest BCUT2D eigenvalue weighted by atomic mass is 19.3. The topological polar surface area (TPSA) is 58.6 Å². The van der Waals surface area contributed by atoms with Gasteiger partial charge in [-0.25, -0.2) is 0 Å². The average Bonchev–Trinajstić information content (AvgIpc) is 2.55. The number of alkyl halides is 2. The smallest absolute Gasteiger partial charge is 0.387 e. The molecule has 0 aliphatic heterocycles. The summed E-state index contributed by atoms with van der Waals surface area (Å²) in [6, 6.07) is 6.50. The number of hydrogen-bond donors (Lipinski definition) is 2. The number of hydrogen-bond acceptors (Lipinski definition) is 3. The van der Waals surface area contributed by atoms with Crippen molar-refractivity contribution in [3.63, 3.8) is 0 Å². The fourth-order valence-corrected chi connectivity index (χ4v) is 3.00. The van der Waals surface area contributed by atoms with Crippen molar-refractivity contribution in [1.82, 2.24) is 5.32 Å². The van der Waals surface area contributed by atoms with Crippen LogP contribution >= 0.6 is 0 Å². The predicted octanol–water partition coefficient (Wildman–Crippen LogP) is 3.36. The molecule has 1 saturated carbocycles. The highest BCUT2D eigenvalue weighted by Crippen LogP contribution is 2.27. The number of allylic oxidation sites excluding steroid dienone is 1. The van der Waals surface area contributed by atoms with Gasteiger partial charge < -0.3 is 15.2 Å². The fourth-order valence-electron chi connectivity index (χ4n) is 3.00. The van der Waals surface area contributed by atoms with Crippen molar-refractivity contribution in [3.05, 3.63) is 35.9 Å². The summed E-state index contributed by atoms with van der Waals surface area (Å²) < 4.78 is 29.4. The van der Waals surface area contributed by atoms with Gasteiger partial charge in [0, 0.05) is 24.3 Å². The van der Waals surface area contributed by atoms with Crippen molar-refractivity contribution >= 4 is 11.5 Å². The molecule has 0 heterocycles. The van der Waals surface area contributed by atoms with Crippen molar-refractivity contribution in [2.75, 3.05) is 6.61 Å². The Hall–Kier alpha value is -1.95. The van der Waals surface area contributed by atoms with Crippen LogP contribution in [0.15, 0.2) is 30.3 Å². The van der Waals surface area contributed by atoms with Crippen LogP contribution in [0.25, 0.3) is 5.57 Å². The number of amides is 1. The maximum Gasteiger partial charge on any atom is 0.387 e. The van der Waals surface area contributed by atoms with Gasteiger partial charge in [-0.1, -0.05) is 18.2 Å². The molecule has 0 spiro atoms. The van der Waals surface area contributed by atoms with Crippen molar-refractivity contribution < 1.29 is 23.4 Å². The molecular formula is C18H23F2NO3. The lowest BCUT2D eigenvalue weighted by atomic mass is 9.86. The van der Waals surface area contributed by atoms with Gasteiger partial charge in [-0.3, -0.25) is 4.79 Å². The highest BCUT2D eigenvalue weighted by Gasteiger charge is 2.21. The number of para-hydroxylation sites is 1. The summed E-state index contributed by atoms with van der Waals surface area (Å²) in [6.07, 6.45) is 4.89. The number of nitrogens with one attached hydrogen (secondary N) is 1. The number of aliphatic hydroxyl groups is 1. The molecule has 1 aromatic carbocycles. The lowest BCUT2D eigenvalue weighted by molar-refractivity contribution is -0.117. The van der Waals surface area contributed by atoms with Crippen LogP contribution in [0.2, 0.25) is 0 Å². The Morgan fingerprint density at radius 1 is 1.33 bits per heavy atom. The number of ether oxygens (including phenoxy) is 1. The van der Waals surface area contributed by atoms with E-state index in [2.05, 4.69) is 10.1 Å². The first-order valence-corrected chi connectivity index (χ1v) is 8.13. The minimum atomic E-state index is -2.91. The quantitative estimate of drug-likeness (QED) is 0.782. The van der Waals surface area contributed by atoms with Gasteiger partial charge in [-0.15, -0.1) is 0 Å².